The molecule has 0 aliphatic heterocycles. The van der Waals surface area contributed by atoms with Gasteiger partial charge in [-0.25, -0.2) is 0 Å². The van der Waals surface area contributed by atoms with Gasteiger partial charge in [-0.3, -0.25) is 19.3 Å². The Labute approximate surface area is 225 Å². The van der Waals surface area contributed by atoms with Crippen LogP contribution in [0.3, 0.4) is 0 Å². The van der Waals surface area contributed by atoms with E-state index in [0.717, 1.165) is 33.6 Å². The number of nitrogens with zero attached hydrogens (tertiary/aromatic N) is 2. The predicted octanol–water partition coefficient (Wildman–Crippen LogP) is 4.62. The number of H-pyrrole nitrogens is 1. The lowest BCUT2D eigenvalue weighted by Gasteiger charge is -2.34. The van der Waals surface area contributed by atoms with E-state index in [2.05, 4.69) is 14.7 Å². The highest BCUT2D eigenvalue weighted by molar-refractivity contribution is 7.09. The second-order valence-corrected chi connectivity index (χ2v) is 10.9. The Hall–Kier alpha value is -4.18. The fourth-order valence-corrected chi connectivity index (χ4v) is 5.16. The van der Waals surface area contributed by atoms with Crippen LogP contribution in [0.15, 0.2) is 48.7 Å². The number of aromatic nitrogens is 2. The molecule has 0 saturated carbocycles. The molecule has 1 atom stereocenters. The van der Waals surface area contributed by atoms with Gasteiger partial charge in [-0.15, -0.1) is 0 Å². The average Bonchev–Trinajstić information content (AvgIpc) is 3.44. The summed E-state index contributed by atoms with van der Waals surface area (Å²) in [6, 6.07) is 12.2. The number of carbonyl (C=O) groups excluding carboxylic acids is 3. The van der Waals surface area contributed by atoms with Gasteiger partial charge < -0.3 is 21.8 Å². The highest BCUT2D eigenvalue weighted by Crippen LogP contribution is 2.37. The van der Waals surface area contributed by atoms with Crippen LogP contribution in [0.5, 0.6) is 0 Å². The number of hydrogen-bond donors (Lipinski definition) is 4. The van der Waals surface area contributed by atoms with Crippen molar-refractivity contribution in [1.29, 1.82) is 0 Å². The maximum absolute atomic E-state index is 14.3. The number of rotatable bonds is 8. The number of nitrogens with two attached hydrogens (primary N) is 2. The van der Waals surface area contributed by atoms with Crippen molar-refractivity contribution in [2.45, 2.75) is 52.6 Å². The summed E-state index contributed by atoms with van der Waals surface area (Å²) in [4.78, 5) is 45.0. The van der Waals surface area contributed by atoms with Crippen LogP contribution in [0.25, 0.3) is 10.9 Å². The van der Waals surface area contributed by atoms with Gasteiger partial charge >= 0.3 is 0 Å². The molecule has 0 aliphatic rings. The first-order chi connectivity index (χ1) is 17.9. The molecule has 2 aromatic heterocycles. The lowest BCUT2D eigenvalue weighted by molar-refractivity contribution is -0.124. The van der Waals surface area contributed by atoms with Gasteiger partial charge in [0.1, 0.15) is 10.9 Å². The van der Waals surface area contributed by atoms with Crippen LogP contribution < -0.4 is 21.7 Å². The summed E-state index contributed by atoms with van der Waals surface area (Å²) in [5.74, 6) is -1.74. The van der Waals surface area contributed by atoms with E-state index in [1.165, 1.54) is 4.90 Å². The molecule has 1 unspecified atom stereocenters. The third kappa shape index (κ3) is 5.12. The van der Waals surface area contributed by atoms with Gasteiger partial charge in [0.25, 0.3) is 11.8 Å². The Kier molecular flexibility index (Phi) is 7.28. The van der Waals surface area contributed by atoms with Crippen LogP contribution in [0, 0.1) is 13.8 Å². The third-order valence-electron chi connectivity index (χ3n) is 6.63. The van der Waals surface area contributed by atoms with E-state index < -0.39 is 23.4 Å². The molecule has 0 radical (unpaired) electrons. The topological polar surface area (TPSA) is 147 Å². The molecule has 6 N–H and O–H groups in total. The van der Waals surface area contributed by atoms with E-state index in [-0.39, 0.29) is 22.2 Å². The molecule has 0 bridgehead atoms. The van der Waals surface area contributed by atoms with E-state index >= 15 is 0 Å². The van der Waals surface area contributed by atoms with Crippen molar-refractivity contribution >= 4 is 51.5 Å². The summed E-state index contributed by atoms with van der Waals surface area (Å²) in [6.07, 6.45) is 2.43. The number of nitrogen functional groups attached to an aromatic ring is 1. The fourth-order valence-electron chi connectivity index (χ4n) is 4.42. The van der Waals surface area contributed by atoms with Crippen molar-refractivity contribution in [2.24, 2.45) is 5.73 Å². The molecule has 10 heteroatoms. The van der Waals surface area contributed by atoms with E-state index in [9.17, 15) is 14.4 Å². The predicted molar refractivity (Wildman–Crippen MR) is 151 cm³/mol. The quantitative estimate of drug-likeness (QED) is 0.261. The number of hydrogen-bond acceptors (Lipinski definition) is 6. The van der Waals surface area contributed by atoms with Gasteiger partial charge in [-0.2, -0.15) is 4.37 Å². The minimum atomic E-state index is -1.07. The summed E-state index contributed by atoms with van der Waals surface area (Å²) >= 11 is 0.785. The van der Waals surface area contributed by atoms with Crippen LogP contribution in [0.2, 0.25) is 0 Å². The highest BCUT2D eigenvalue weighted by atomic mass is 32.1. The number of aromatic amines is 1. The highest BCUT2D eigenvalue weighted by Gasteiger charge is 2.38. The Morgan fingerprint density at radius 3 is 2.39 bits per heavy atom. The van der Waals surface area contributed by atoms with Crippen molar-refractivity contribution in [2.75, 3.05) is 10.6 Å². The Morgan fingerprint density at radius 1 is 1.13 bits per heavy atom. The maximum atomic E-state index is 14.3. The molecule has 0 fully saturated rings. The number of benzene rings is 2. The van der Waals surface area contributed by atoms with Crippen molar-refractivity contribution in [3.63, 3.8) is 0 Å². The summed E-state index contributed by atoms with van der Waals surface area (Å²) in [7, 11) is 0. The molecule has 0 spiro atoms. The minimum Gasteiger partial charge on any atom is -0.395 e. The molecule has 0 aliphatic carbocycles. The molecule has 4 aromatic rings. The van der Waals surface area contributed by atoms with Crippen molar-refractivity contribution in [3.05, 3.63) is 75.9 Å². The lowest BCUT2D eigenvalue weighted by atomic mass is 9.97. The Balaban J connectivity index is 1.99. The normalized spacial score (nSPS) is 12.3. The number of carbonyl (C=O) groups is 3. The van der Waals surface area contributed by atoms with E-state index in [4.69, 9.17) is 11.5 Å². The number of para-hydroxylation sites is 1. The van der Waals surface area contributed by atoms with E-state index in [1.807, 2.05) is 77.1 Å². The molecular formula is C28H32N6O3S. The summed E-state index contributed by atoms with van der Waals surface area (Å²) in [5, 5.41) is 3.92. The summed E-state index contributed by atoms with van der Waals surface area (Å²) in [6.45, 7) is 9.69. The van der Waals surface area contributed by atoms with Crippen molar-refractivity contribution < 1.29 is 14.4 Å². The summed E-state index contributed by atoms with van der Waals surface area (Å²) < 4.78 is 4.02. The second kappa shape index (κ2) is 10.3. The van der Waals surface area contributed by atoms with Gasteiger partial charge in [-0.05, 0) is 75.0 Å². The number of primary amides is 1. The molecule has 2 heterocycles. The Morgan fingerprint density at radius 2 is 1.79 bits per heavy atom. The smallest absolute Gasteiger partial charge is 0.273 e. The van der Waals surface area contributed by atoms with Crippen LogP contribution >= 0.6 is 11.5 Å². The van der Waals surface area contributed by atoms with Gasteiger partial charge in [0, 0.05) is 33.9 Å². The number of nitrogens with one attached hydrogen (secondary N) is 2. The average molecular weight is 533 g/mol. The van der Waals surface area contributed by atoms with Crippen LogP contribution in [0.1, 0.15) is 70.1 Å². The molecular weight excluding hydrogens is 500 g/mol. The van der Waals surface area contributed by atoms with Gasteiger partial charge in [0.05, 0.1) is 5.69 Å². The van der Waals surface area contributed by atoms with E-state index in [1.54, 1.807) is 6.20 Å². The van der Waals surface area contributed by atoms with Crippen LogP contribution in [-0.4, -0.2) is 32.6 Å². The van der Waals surface area contributed by atoms with Gasteiger partial charge in [0.15, 0.2) is 5.69 Å². The monoisotopic (exact) mass is 532 g/mol. The fraction of sp³-hybridized carbons (Fsp3) is 0.286. The van der Waals surface area contributed by atoms with E-state index in [0.29, 0.717) is 17.7 Å². The van der Waals surface area contributed by atoms with Crippen LogP contribution in [-0.2, 0) is 4.79 Å². The first-order valence-corrected chi connectivity index (χ1v) is 13.1. The number of anilines is 2. The number of amides is 3. The number of fused-ring (bicyclic) bond motifs is 1. The molecule has 3 amide bonds. The van der Waals surface area contributed by atoms with Crippen molar-refractivity contribution in [1.82, 2.24) is 14.7 Å². The SMILES string of the molecule is CCC(C)(C)NC(=O)C(c1c[nH]c2ccccc12)N(C(=O)c1snc(C(N)=O)c1N)c1cc(C)cc(C)c1. The maximum Gasteiger partial charge on any atom is 0.273 e. The molecule has 2 aromatic carbocycles. The van der Waals surface area contributed by atoms with Crippen molar-refractivity contribution in [3.8, 4) is 0 Å². The summed E-state index contributed by atoms with van der Waals surface area (Å²) in [5.41, 5.74) is 14.6. The Bertz CT molecular complexity index is 1520. The zero-order valence-electron chi connectivity index (χ0n) is 22.1. The van der Waals surface area contributed by atoms with Gasteiger partial charge in [-0.1, -0.05) is 31.2 Å². The number of aryl methyl sites for hydroxylation is 2. The first-order valence-electron chi connectivity index (χ1n) is 12.3. The minimum absolute atomic E-state index is 0.0327. The zero-order valence-corrected chi connectivity index (χ0v) is 22.9. The zero-order chi connectivity index (χ0) is 27.8. The largest absolute Gasteiger partial charge is 0.395 e. The molecule has 198 valence electrons. The molecule has 4 rings (SSSR count). The molecule has 38 heavy (non-hydrogen) atoms. The van der Waals surface area contributed by atoms with Crippen LogP contribution in [0.4, 0.5) is 11.4 Å². The standard InChI is InChI=1S/C28H32N6O3S/c1-6-28(4,5)32-26(36)23(19-14-31-20-10-8-7-9-18(19)20)34(17-12-15(2)11-16(3)13-17)27(37)24-21(29)22(25(30)35)33-38-24/h7-14,23,31H,6,29H2,1-5H3,(H2,30,35)(H,32,36). The first kappa shape index (κ1) is 26.9. The second-order valence-electron chi connectivity index (χ2n) is 10.1. The third-order valence-corrected chi connectivity index (χ3v) is 7.48. The molecule has 9 nitrogen and oxygen atoms in total. The molecule has 0 saturated heterocycles. The van der Waals surface area contributed by atoms with Gasteiger partial charge in [0.2, 0.25) is 5.91 Å². The lowest BCUT2D eigenvalue weighted by Crippen LogP contribution is -2.50.